The van der Waals surface area contributed by atoms with E-state index in [1.165, 1.54) is 12.1 Å². The Labute approximate surface area is 120 Å². The van der Waals surface area contributed by atoms with Crippen LogP contribution in [0.5, 0.6) is 0 Å². The summed E-state index contributed by atoms with van der Waals surface area (Å²) in [4.78, 5) is 26.3. The lowest BCUT2D eigenvalue weighted by atomic mass is 10.1. The van der Waals surface area contributed by atoms with E-state index in [2.05, 4.69) is 10.3 Å². The molecule has 0 fully saturated rings. The molecule has 0 amide bonds. The van der Waals surface area contributed by atoms with Crippen molar-refractivity contribution < 1.29 is 19.8 Å². The monoisotopic (exact) mass is 287 g/mol. The molecule has 1 aromatic heterocycles. The molecule has 0 bridgehead atoms. The number of aromatic nitrogens is 1. The quantitative estimate of drug-likeness (QED) is 0.678. The van der Waals surface area contributed by atoms with Crippen LogP contribution in [0.3, 0.4) is 0 Å². The molecule has 0 radical (unpaired) electrons. The van der Waals surface area contributed by atoms with Gasteiger partial charge in [0.25, 0.3) is 0 Å². The Kier molecular flexibility index (Phi) is 3.75. The molecule has 108 valence electrons. The minimum atomic E-state index is -1.22. The van der Waals surface area contributed by atoms with Crippen LogP contribution in [0.2, 0.25) is 0 Å². The maximum absolute atomic E-state index is 11.0. The Morgan fingerprint density at radius 3 is 2.19 bits per heavy atom. The fourth-order valence-electron chi connectivity index (χ4n) is 1.75. The van der Waals surface area contributed by atoms with E-state index in [0.29, 0.717) is 11.5 Å². The highest BCUT2D eigenvalue weighted by molar-refractivity contribution is 5.95. The summed E-state index contributed by atoms with van der Waals surface area (Å²) in [5.41, 5.74) is 6.89. The summed E-state index contributed by atoms with van der Waals surface area (Å²) in [6.45, 7) is 1.78. The Bertz CT molecular complexity index is 696. The third-order valence-corrected chi connectivity index (χ3v) is 2.76. The van der Waals surface area contributed by atoms with Crippen LogP contribution >= 0.6 is 0 Å². The van der Waals surface area contributed by atoms with E-state index < -0.39 is 11.9 Å². The van der Waals surface area contributed by atoms with Gasteiger partial charge in [-0.2, -0.15) is 0 Å². The van der Waals surface area contributed by atoms with Gasteiger partial charge in [0.05, 0.1) is 16.8 Å². The summed E-state index contributed by atoms with van der Waals surface area (Å²) < 4.78 is 0. The maximum Gasteiger partial charge on any atom is 0.335 e. The molecule has 1 heterocycles. The highest BCUT2D eigenvalue weighted by Crippen LogP contribution is 2.23. The molecule has 0 saturated heterocycles. The summed E-state index contributed by atoms with van der Waals surface area (Å²) in [7, 11) is 0. The van der Waals surface area contributed by atoms with Gasteiger partial charge in [-0.25, -0.2) is 14.6 Å². The highest BCUT2D eigenvalue weighted by atomic mass is 16.4. The molecule has 1 aromatic carbocycles. The van der Waals surface area contributed by atoms with Crippen molar-refractivity contribution in [3.8, 4) is 0 Å². The van der Waals surface area contributed by atoms with Gasteiger partial charge in [0.15, 0.2) is 5.82 Å². The number of nitrogens with one attached hydrogen (secondary N) is 1. The summed E-state index contributed by atoms with van der Waals surface area (Å²) in [6, 6.07) is 7.11. The zero-order valence-electron chi connectivity index (χ0n) is 11.1. The molecule has 7 heteroatoms. The van der Waals surface area contributed by atoms with Gasteiger partial charge in [0.1, 0.15) is 0 Å². The van der Waals surface area contributed by atoms with Crippen LogP contribution in [0.15, 0.2) is 30.3 Å². The first-order chi connectivity index (χ1) is 9.86. The number of benzene rings is 1. The molecule has 0 atom stereocenters. The lowest BCUT2D eigenvalue weighted by Crippen LogP contribution is -2.06. The summed E-state index contributed by atoms with van der Waals surface area (Å²) in [6.07, 6.45) is 0. The predicted molar refractivity (Wildman–Crippen MR) is 77.0 cm³/mol. The van der Waals surface area contributed by atoms with E-state index >= 15 is 0 Å². The number of nitrogens with zero attached hydrogens (tertiary/aromatic N) is 1. The van der Waals surface area contributed by atoms with E-state index in [1.807, 2.05) is 0 Å². The van der Waals surface area contributed by atoms with Crippen molar-refractivity contribution >= 4 is 29.1 Å². The van der Waals surface area contributed by atoms with Crippen LogP contribution in [-0.2, 0) is 0 Å². The van der Waals surface area contributed by atoms with Gasteiger partial charge in [0, 0.05) is 11.4 Å². The number of anilines is 3. The van der Waals surface area contributed by atoms with E-state index in [-0.39, 0.29) is 16.8 Å². The lowest BCUT2D eigenvalue weighted by Gasteiger charge is -2.10. The van der Waals surface area contributed by atoms with Gasteiger partial charge in [-0.1, -0.05) is 0 Å². The van der Waals surface area contributed by atoms with Gasteiger partial charge in [-0.3, -0.25) is 0 Å². The number of hydrogen-bond donors (Lipinski definition) is 4. The molecule has 7 nitrogen and oxygen atoms in total. The zero-order valence-corrected chi connectivity index (χ0v) is 11.1. The highest BCUT2D eigenvalue weighted by Gasteiger charge is 2.12. The van der Waals surface area contributed by atoms with Crippen LogP contribution in [0, 0.1) is 6.92 Å². The molecule has 5 N–H and O–H groups in total. The molecule has 0 aliphatic carbocycles. The van der Waals surface area contributed by atoms with Crippen LogP contribution in [0.25, 0.3) is 0 Å². The molecule has 0 spiro atoms. The number of hydrogen-bond acceptors (Lipinski definition) is 5. The second kappa shape index (κ2) is 5.49. The summed E-state index contributed by atoms with van der Waals surface area (Å²) in [5, 5.41) is 20.9. The normalized spacial score (nSPS) is 10.1. The van der Waals surface area contributed by atoms with E-state index in [4.69, 9.17) is 15.9 Å². The first-order valence-electron chi connectivity index (χ1n) is 5.98. The average Bonchev–Trinajstić information content (AvgIpc) is 2.42. The molecule has 21 heavy (non-hydrogen) atoms. The van der Waals surface area contributed by atoms with Crippen LogP contribution in [-0.4, -0.2) is 27.1 Å². The van der Waals surface area contributed by atoms with Crippen LogP contribution < -0.4 is 11.1 Å². The topological polar surface area (TPSA) is 126 Å². The van der Waals surface area contributed by atoms with Crippen molar-refractivity contribution in [2.24, 2.45) is 0 Å². The molecule has 2 rings (SSSR count). The number of nitrogen functional groups attached to an aromatic ring is 1. The fraction of sp³-hybridized carbons (Fsp3) is 0.0714. The molecule has 0 saturated carbocycles. The van der Waals surface area contributed by atoms with Gasteiger partial charge < -0.3 is 21.3 Å². The Morgan fingerprint density at radius 2 is 1.67 bits per heavy atom. The van der Waals surface area contributed by atoms with E-state index in [9.17, 15) is 9.59 Å². The number of carboxylic acid groups (broad SMARTS) is 2. The first-order valence-corrected chi connectivity index (χ1v) is 5.98. The standard InChI is InChI=1S/C14H13N3O4/c1-7-2-3-11(15)12(16-7)17-10-5-8(13(18)19)4-9(6-10)14(20)21/h2-6H,15H2,1H3,(H,16,17)(H,18,19)(H,20,21). The minimum absolute atomic E-state index is 0.136. The molecule has 0 aliphatic heterocycles. The molecular weight excluding hydrogens is 274 g/mol. The summed E-state index contributed by atoms with van der Waals surface area (Å²) >= 11 is 0. The van der Waals surface area contributed by atoms with Gasteiger partial charge in [-0.05, 0) is 37.3 Å². The average molecular weight is 287 g/mol. The third-order valence-electron chi connectivity index (χ3n) is 2.76. The van der Waals surface area contributed by atoms with E-state index in [1.54, 1.807) is 19.1 Å². The van der Waals surface area contributed by atoms with Crippen molar-refractivity contribution in [2.45, 2.75) is 6.92 Å². The zero-order chi connectivity index (χ0) is 15.6. The second-order valence-electron chi connectivity index (χ2n) is 4.42. The van der Waals surface area contributed by atoms with Crippen molar-refractivity contribution in [1.82, 2.24) is 4.98 Å². The minimum Gasteiger partial charge on any atom is -0.478 e. The van der Waals surface area contributed by atoms with E-state index in [0.717, 1.165) is 11.8 Å². The number of pyridine rings is 1. The summed E-state index contributed by atoms with van der Waals surface area (Å²) in [5.74, 6) is -2.09. The predicted octanol–water partition coefficient (Wildman–Crippen LogP) is 2.11. The smallest absolute Gasteiger partial charge is 0.335 e. The number of carbonyl (C=O) groups is 2. The van der Waals surface area contributed by atoms with Crippen molar-refractivity contribution in [1.29, 1.82) is 0 Å². The maximum atomic E-state index is 11.0. The van der Waals surface area contributed by atoms with Gasteiger partial charge in [0.2, 0.25) is 0 Å². The lowest BCUT2D eigenvalue weighted by molar-refractivity contribution is 0.0696. The Morgan fingerprint density at radius 1 is 1.10 bits per heavy atom. The third kappa shape index (κ3) is 3.27. The van der Waals surface area contributed by atoms with Crippen molar-refractivity contribution in [3.05, 3.63) is 47.2 Å². The van der Waals surface area contributed by atoms with Gasteiger partial charge in [-0.15, -0.1) is 0 Å². The molecule has 0 unspecified atom stereocenters. The number of carboxylic acids is 2. The molecule has 0 aliphatic rings. The van der Waals surface area contributed by atoms with Crippen LogP contribution in [0.4, 0.5) is 17.2 Å². The number of aromatic carboxylic acids is 2. The number of aryl methyl sites for hydroxylation is 1. The number of nitrogens with two attached hydrogens (primary N) is 1. The largest absolute Gasteiger partial charge is 0.478 e. The van der Waals surface area contributed by atoms with Crippen LogP contribution in [0.1, 0.15) is 26.4 Å². The van der Waals surface area contributed by atoms with Gasteiger partial charge >= 0.3 is 11.9 Å². The second-order valence-corrected chi connectivity index (χ2v) is 4.42. The Balaban J connectivity index is 2.45. The van der Waals surface area contributed by atoms with Crippen molar-refractivity contribution in [2.75, 3.05) is 11.1 Å². The SMILES string of the molecule is Cc1ccc(N)c(Nc2cc(C(=O)O)cc(C(=O)O)c2)n1. The Hall–Kier alpha value is -3.09. The molecule has 2 aromatic rings. The fourth-order valence-corrected chi connectivity index (χ4v) is 1.75. The number of rotatable bonds is 4. The van der Waals surface area contributed by atoms with Crippen molar-refractivity contribution in [3.63, 3.8) is 0 Å². The molecular formula is C14H13N3O4. The first kappa shape index (κ1) is 14.3.